The maximum Gasteiger partial charge on any atom is 0.115 e. The average Bonchev–Trinajstić information content (AvgIpc) is 3.01. The predicted octanol–water partition coefficient (Wildman–Crippen LogP) is 6.75. The van der Waals surface area contributed by atoms with Crippen LogP contribution in [0, 0.1) is 0 Å². The van der Waals surface area contributed by atoms with Gasteiger partial charge < -0.3 is 23.7 Å². The molecule has 0 bridgehead atoms. The zero-order valence-corrected chi connectivity index (χ0v) is 23.0. The van der Waals surface area contributed by atoms with E-state index in [0.717, 1.165) is 22.3 Å². The van der Waals surface area contributed by atoms with Crippen LogP contribution in [0.25, 0.3) is 0 Å². The van der Waals surface area contributed by atoms with Gasteiger partial charge in [0.15, 0.2) is 0 Å². The van der Waals surface area contributed by atoms with Crippen molar-refractivity contribution >= 4 is 0 Å². The van der Waals surface area contributed by atoms with Gasteiger partial charge in [-0.1, -0.05) is 121 Å². The first-order valence-electron chi connectivity index (χ1n) is 14.0. The Morgan fingerprint density at radius 1 is 0.475 bits per heavy atom. The van der Waals surface area contributed by atoms with Crippen LogP contribution in [0.2, 0.25) is 0 Å². The van der Waals surface area contributed by atoms with Gasteiger partial charge in [0.25, 0.3) is 0 Å². The third kappa shape index (κ3) is 8.10. The van der Waals surface area contributed by atoms with Crippen molar-refractivity contribution in [3.8, 4) is 0 Å². The van der Waals surface area contributed by atoms with Crippen LogP contribution < -0.4 is 0 Å². The summed E-state index contributed by atoms with van der Waals surface area (Å²) in [4.78, 5) is 0. The van der Waals surface area contributed by atoms with Crippen molar-refractivity contribution in [2.75, 3.05) is 6.61 Å². The minimum Gasteiger partial charge on any atom is -0.374 e. The molecule has 0 radical (unpaired) electrons. The Hall–Kier alpha value is -3.32. The van der Waals surface area contributed by atoms with Crippen molar-refractivity contribution in [2.45, 2.75) is 63.9 Å². The van der Waals surface area contributed by atoms with E-state index >= 15 is 0 Å². The summed E-state index contributed by atoms with van der Waals surface area (Å²) < 4.78 is 32.5. The molecule has 0 aliphatic carbocycles. The number of hydrogen-bond acceptors (Lipinski definition) is 5. The normalized spacial score (nSPS) is 22.7. The highest BCUT2D eigenvalue weighted by atomic mass is 16.6. The maximum absolute atomic E-state index is 6.65. The Balaban J connectivity index is 1.36. The lowest BCUT2D eigenvalue weighted by molar-refractivity contribution is -0.269. The molecule has 5 rings (SSSR count). The number of benzene rings is 4. The van der Waals surface area contributed by atoms with Crippen LogP contribution in [0.5, 0.6) is 0 Å². The molecular weight excluding hydrogens is 500 g/mol. The number of hydrogen-bond donors (Lipinski definition) is 0. The number of ether oxygens (including phenoxy) is 5. The second kappa shape index (κ2) is 14.9. The molecule has 0 amide bonds. The van der Waals surface area contributed by atoms with Gasteiger partial charge in [-0.15, -0.1) is 0 Å². The Morgan fingerprint density at radius 2 is 0.850 bits per heavy atom. The predicted molar refractivity (Wildman–Crippen MR) is 155 cm³/mol. The standard InChI is InChI=1S/C35H38O5/c1-27-33(37-23-29-16-8-3-9-17-29)35(39-25-31-20-12-5-13-21-31)34(38-24-30-18-10-4-11-19-30)32(40-27)26-36-22-28-14-6-2-7-15-28/h2-21,27,32-35H,22-26H2,1H3/t27-,32+,33?,34-,35?/m0/s1. The zero-order valence-electron chi connectivity index (χ0n) is 23.0. The van der Waals surface area contributed by atoms with Crippen molar-refractivity contribution in [3.63, 3.8) is 0 Å². The van der Waals surface area contributed by atoms with Gasteiger partial charge in [0.05, 0.1) is 39.1 Å². The smallest absolute Gasteiger partial charge is 0.115 e. The van der Waals surface area contributed by atoms with Crippen LogP contribution in [-0.4, -0.2) is 37.1 Å². The zero-order chi connectivity index (χ0) is 27.4. The summed E-state index contributed by atoms with van der Waals surface area (Å²) in [6.45, 7) is 4.29. The first-order chi connectivity index (χ1) is 19.8. The van der Waals surface area contributed by atoms with Gasteiger partial charge in [0, 0.05) is 0 Å². The van der Waals surface area contributed by atoms with Gasteiger partial charge >= 0.3 is 0 Å². The van der Waals surface area contributed by atoms with Crippen molar-refractivity contribution in [2.24, 2.45) is 0 Å². The molecule has 5 nitrogen and oxygen atoms in total. The molecule has 1 aliphatic rings. The minimum atomic E-state index is -0.392. The van der Waals surface area contributed by atoms with E-state index in [0.29, 0.717) is 33.0 Å². The lowest BCUT2D eigenvalue weighted by atomic mass is 9.94. The molecule has 208 valence electrons. The van der Waals surface area contributed by atoms with Crippen LogP contribution in [0.3, 0.4) is 0 Å². The van der Waals surface area contributed by atoms with E-state index in [1.165, 1.54) is 0 Å². The summed E-state index contributed by atoms with van der Waals surface area (Å²) in [5.74, 6) is 0. The molecule has 0 aromatic heterocycles. The summed E-state index contributed by atoms with van der Waals surface area (Å²) in [5, 5.41) is 0. The summed E-state index contributed by atoms with van der Waals surface area (Å²) in [6, 6.07) is 40.8. The summed E-state index contributed by atoms with van der Waals surface area (Å²) >= 11 is 0. The van der Waals surface area contributed by atoms with Crippen LogP contribution in [0.1, 0.15) is 29.2 Å². The van der Waals surface area contributed by atoms with E-state index in [-0.39, 0.29) is 24.4 Å². The van der Waals surface area contributed by atoms with Crippen LogP contribution in [0.15, 0.2) is 121 Å². The third-order valence-electron chi connectivity index (χ3n) is 7.12. The van der Waals surface area contributed by atoms with Crippen molar-refractivity contribution in [1.29, 1.82) is 0 Å². The molecule has 2 unspecified atom stereocenters. The molecule has 1 saturated heterocycles. The molecular formula is C35H38O5. The van der Waals surface area contributed by atoms with Crippen molar-refractivity contribution in [3.05, 3.63) is 144 Å². The molecule has 5 atom stereocenters. The second-order valence-electron chi connectivity index (χ2n) is 10.2. The fraction of sp³-hybridized carbons (Fsp3) is 0.314. The SMILES string of the molecule is C[C@@H]1O[C@H](COCc2ccccc2)[C@H](OCc2ccccc2)C(OCc2ccccc2)C1OCc1ccccc1. The molecule has 1 aliphatic heterocycles. The molecule has 1 fully saturated rings. The van der Waals surface area contributed by atoms with Gasteiger partial charge in [-0.2, -0.15) is 0 Å². The fourth-order valence-corrected chi connectivity index (χ4v) is 5.02. The lowest BCUT2D eigenvalue weighted by Gasteiger charge is -2.45. The maximum atomic E-state index is 6.65. The van der Waals surface area contributed by atoms with E-state index in [2.05, 4.69) is 48.5 Å². The molecule has 4 aromatic carbocycles. The van der Waals surface area contributed by atoms with E-state index in [1.807, 2.05) is 79.7 Å². The second-order valence-corrected chi connectivity index (χ2v) is 10.2. The van der Waals surface area contributed by atoms with E-state index in [9.17, 15) is 0 Å². The van der Waals surface area contributed by atoms with Gasteiger partial charge in [-0.3, -0.25) is 0 Å². The Morgan fingerprint density at radius 3 is 1.30 bits per heavy atom. The first kappa shape index (κ1) is 28.2. The van der Waals surface area contributed by atoms with Gasteiger partial charge in [0.2, 0.25) is 0 Å². The molecule has 40 heavy (non-hydrogen) atoms. The highest BCUT2D eigenvalue weighted by Crippen LogP contribution is 2.30. The number of rotatable bonds is 13. The quantitative estimate of drug-likeness (QED) is 0.189. The topological polar surface area (TPSA) is 46.2 Å². The third-order valence-corrected chi connectivity index (χ3v) is 7.12. The lowest BCUT2D eigenvalue weighted by Crippen LogP contribution is -2.60. The van der Waals surface area contributed by atoms with Crippen molar-refractivity contribution < 1.29 is 23.7 Å². The highest BCUT2D eigenvalue weighted by molar-refractivity contribution is 5.16. The molecule has 0 spiro atoms. The van der Waals surface area contributed by atoms with Crippen LogP contribution in [0.4, 0.5) is 0 Å². The first-order valence-corrected chi connectivity index (χ1v) is 14.0. The monoisotopic (exact) mass is 538 g/mol. The molecule has 0 saturated carbocycles. The molecule has 0 N–H and O–H groups in total. The summed E-state index contributed by atoms with van der Waals surface area (Å²) in [7, 11) is 0. The summed E-state index contributed by atoms with van der Waals surface area (Å²) in [6.07, 6.45) is -1.61. The molecule has 1 heterocycles. The average molecular weight is 539 g/mol. The van der Waals surface area contributed by atoms with Gasteiger partial charge in [-0.05, 0) is 29.2 Å². The van der Waals surface area contributed by atoms with E-state index in [1.54, 1.807) is 0 Å². The molecule has 4 aromatic rings. The van der Waals surface area contributed by atoms with E-state index < -0.39 is 6.10 Å². The van der Waals surface area contributed by atoms with Crippen LogP contribution in [-0.2, 0) is 50.1 Å². The Bertz CT molecular complexity index is 1240. The van der Waals surface area contributed by atoms with Gasteiger partial charge in [-0.25, -0.2) is 0 Å². The Labute approximate surface area is 237 Å². The largest absolute Gasteiger partial charge is 0.374 e. The fourth-order valence-electron chi connectivity index (χ4n) is 5.02. The van der Waals surface area contributed by atoms with Crippen molar-refractivity contribution in [1.82, 2.24) is 0 Å². The van der Waals surface area contributed by atoms with Gasteiger partial charge in [0.1, 0.15) is 24.4 Å². The highest BCUT2D eigenvalue weighted by Gasteiger charge is 2.46. The minimum absolute atomic E-state index is 0.216. The Kier molecular flexibility index (Phi) is 10.5. The molecule has 5 heteroatoms. The van der Waals surface area contributed by atoms with E-state index in [4.69, 9.17) is 23.7 Å². The van der Waals surface area contributed by atoms with Crippen LogP contribution >= 0.6 is 0 Å². The summed E-state index contributed by atoms with van der Waals surface area (Å²) in [5.41, 5.74) is 4.41.